The van der Waals surface area contributed by atoms with Crippen molar-refractivity contribution in [1.82, 2.24) is 4.90 Å². The minimum Gasteiger partial charge on any atom is -0.396 e. The Balaban J connectivity index is 1.87. The Morgan fingerprint density at radius 3 is 2.70 bits per heavy atom. The van der Waals surface area contributed by atoms with E-state index in [1.54, 1.807) is 0 Å². The monoisotopic (exact) mass is 273 g/mol. The fraction of sp³-hybridized carbons (Fsp3) is 0.562. The van der Waals surface area contributed by atoms with E-state index in [2.05, 4.69) is 22.8 Å². The molecule has 1 aliphatic rings. The zero-order valence-electron chi connectivity index (χ0n) is 12.1. The molecule has 0 amide bonds. The quantitative estimate of drug-likeness (QED) is 0.857. The summed E-state index contributed by atoms with van der Waals surface area (Å²) in [4.78, 5) is 4.75. The van der Waals surface area contributed by atoms with Gasteiger partial charge in [0.25, 0.3) is 0 Å². The highest BCUT2D eigenvalue weighted by Gasteiger charge is 2.21. The molecule has 2 rings (SSSR count). The standard InChI is InChI=1S/C16H23N3O/c1-2-19(16-5-3-14(11-17)4-6-16)10-9-18-8-7-15(12-18)13-20/h3-6,15,20H,2,7-10,12-13H2,1H3/t15-/m0/s1. The van der Waals surface area contributed by atoms with Crippen molar-refractivity contribution >= 4 is 5.69 Å². The van der Waals surface area contributed by atoms with Gasteiger partial charge in [0, 0.05) is 38.5 Å². The second-order valence-corrected chi connectivity index (χ2v) is 5.38. The van der Waals surface area contributed by atoms with Crippen molar-refractivity contribution in [3.63, 3.8) is 0 Å². The van der Waals surface area contributed by atoms with Gasteiger partial charge in [-0.3, -0.25) is 0 Å². The first-order valence-corrected chi connectivity index (χ1v) is 7.35. The van der Waals surface area contributed by atoms with Gasteiger partial charge in [0.2, 0.25) is 0 Å². The number of rotatable bonds is 6. The Morgan fingerprint density at radius 2 is 2.15 bits per heavy atom. The summed E-state index contributed by atoms with van der Waals surface area (Å²) in [7, 11) is 0. The zero-order valence-corrected chi connectivity index (χ0v) is 12.1. The summed E-state index contributed by atoms with van der Waals surface area (Å²) in [6.07, 6.45) is 1.11. The molecule has 0 radical (unpaired) electrons. The minimum absolute atomic E-state index is 0.309. The molecule has 0 unspecified atom stereocenters. The van der Waals surface area contributed by atoms with Crippen LogP contribution in [0.4, 0.5) is 5.69 Å². The first-order valence-electron chi connectivity index (χ1n) is 7.35. The number of hydrogen-bond donors (Lipinski definition) is 1. The van der Waals surface area contributed by atoms with Crippen LogP contribution >= 0.6 is 0 Å². The van der Waals surface area contributed by atoms with E-state index in [4.69, 9.17) is 5.26 Å². The number of likely N-dealkylation sites (N-methyl/N-ethyl adjacent to an activating group) is 1. The van der Waals surface area contributed by atoms with Gasteiger partial charge >= 0.3 is 0 Å². The van der Waals surface area contributed by atoms with Crippen LogP contribution in [0.3, 0.4) is 0 Å². The Morgan fingerprint density at radius 1 is 1.40 bits per heavy atom. The summed E-state index contributed by atoms with van der Waals surface area (Å²) < 4.78 is 0. The fourth-order valence-electron chi connectivity index (χ4n) is 2.74. The predicted molar refractivity (Wildman–Crippen MR) is 80.7 cm³/mol. The summed E-state index contributed by atoms with van der Waals surface area (Å²) in [5.74, 6) is 0.458. The summed E-state index contributed by atoms with van der Waals surface area (Å²) in [6.45, 7) is 7.55. The molecule has 1 fully saturated rings. The highest BCUT2D eigenvalue weighted by molar-refractivity contribution is 5.49. The number of benzene rings is 1. The largest absolute Gasteiger partial charge is 0.396 e. The van der Waals surface area contributed by atoms with Crippen LogP contribution in [0, 0.1) is 17.2 Å². The van der Waals surface area contributed by atoms with Crippen molar-refractivity contribution in [3.8, 4) is 6.07 Å². The molecule has 1 N–H and O–H groups in total. The molecular formula is C16H23N3O. The molecule has 0 saturated carbocycles. The molecule has 20 heavy (non-hydrogen) atoms. The van der Waals surface area contributed by atoms with Crippen LogP contribution in [0.15, 0.2) is 24.3 Å². The zero-order chi connectivity index (χ0) is 14.4. The van der Waals surface area contributed by atoms with E-state index in [1.807, 2.05) is 24.3 Å². The molecule has 1 atom stereocenters. The number of likely N-dealkylation sites (tertiary alicyclic amines) is 1. The molecule has 4 heteroatoms. The fourth-order valence-corrected chi connectivity index (χ4v) is 2.74. The highest BCUT2D eigenvalue weighted by Crippen LogP contribution is 2.17. The SMILES string of the molecule is CCN(CCN1CC[C@H](CO)C1)c1ccc(C#N)cc1. The van der Waals surface area contributed by atoms with Crippen molar-refractivity contribution in [3.05, 3.63) is 29.8 Å². The molecule has 4 nitrogen and oxygen atoms in total. The average molecular weight is 273 g/mol. The smallest absolute Gasteiger partial charge is 0.0991 e. The van der Waals surface area contributed by atoms with Crippen LogP contribution in [0.1, 0.15) is 18.9 Å². The van der Waals surface area contributed by atoms with Crippen LogP contribution in [0.25, 0.3) is 0 Å². The van der Waals surface area contributed by atoms with Crippen LogP contribution in [0.5, 0.6) is 0 Å². The molecule has 1 aromatic rings. The van der Waals surface area contributed by atoms with Gasteiger partial charge in [0.1, 0.15) is 0 Å². The predicted octanol–water partition coefficient (Wildman–Crippen LogP) is 1.70. The number of aliphatic hydroxyl groups is 1. The van der Waals surface area contributed by atoms with Crippen LogP contribution in [0.2, 0.25) is 0 Å². The Hall–Kier alpha value is -1.57. The van der Waals surface area contributed by atoms with Crippen molar-refractivity contribution in [2.45, 2.75) is 13.3 Å². The summed E-state index contributed by atoms with van der Waals surface area (Å²) in [5, 5.41) is 18.0. The molecule has 0 aliphatic carbocycles. The van der Waals surface area contributed by atoms with Crippen molar-refractivity contribution in [2.75, 3.05) is 44.2 Å². The van der Waals surface area contributed by atoms with Gasteiger partial charge in [0.05, 0.1) is 11.6 Å². The first kappa shape index (κ1) is 14.8. The number of nitrogens with zero attached hydrogens (tertiary/aromatic N) is 3. The average Bonchev–Trinajstić information content (AvgIpc) is 2.96. The third-order valence-electron chi connectivity index (χ3n) is 4.06. The lowest BCUT2D eigenvalue weighted by molar-refractivity contribution is 0.222. The van der Waals surface area contributed by atoms with E-state index in [1.165, 1.54) is 5.69 Å². The molecule has 0 aromatic heterocycles. The molecular weight excluding hydrogens is 250 g/mol. The van der Waals surface area contributed by atoms with Crippen molar-refractivity contribution in [1.29, 1.82) is 5.26 Å². The second-order valence-electron chi connectivity index (χ2n) is 5.38. The van der Waals surface area contributed by atoms with E-state index in [-0.39, 0.29) is 0 Å². The van der Waals surface area contributed by atoms with E-state index < -0.39 is 0 Å². The Kier molecular flexibility index (Phi) is 5.40. The van der Waals surface area contributed by atoms with Gasteiger partial charge in [0.15, 0.2) is 0 Å². The number of hydrogen-bond acceptors (Lipinski definition) is 4. The number of aliphatic hydroxyl groups excluding tert-OH is 1. The molecule has 0 bridgehead atoms. The summed E-state index contributed by atoms with van der Waals surface area (Å²) in [5.41, 5.74) is 1.87. The molecule has 1 aliphatic heterocycles. The maximum absolute atomic E-state index is 9.17. The molecule has 1 saturated heterocycles. The van der Waals surface area contributed by atoms with Crippen molar-refractivity contribution in [2.24, 2.45) is 5.92 Å². The van der Waals surface area contributed by atoms with Crippen LogP contribution in [-0.4, -0.2) is 49.3 Å². The lowest BCUT2D eigenvalue weighted by Crippen LogP contribution is -2.34. The van der Waals surface area contributed by atoms with Gasteiger partial charge < -0.3 is 14.9 Å². The van der Waals surface area contributed by atoms with E-state index >= 15 is 0 Å². The third kappa shape index (κ3) is 3.72. The van der Waals surface area contributed by atoms with E-state index in [9.17, 15) is 5.11 Å². The van der Waals surface area contributed by atoms with E-state index in [0.717, 1.165) is 39.1 Å². The lowest BCUT2D eigenvalue weighted by Gasteiger charge is -2.26. The van der Waals surface area contributed by atoms with Gasteiger partial charge in [-0.15, -0.1) is 0 Å². The van der Waals surface area contributed by atoms with Gasteiger partial charge in [-0.1, -0.05) is 0 Å². The first-order chi connectivity index (χ1) is 9.76. The Bertz CT molecular complexity index is 452. The highest BCUT2D eigenvalue weighted by atomic mass is 16.3. The summed E-state index contributed by atoms with van der Waals surface area (Å²) in [6, 6.07) is 9.92. The van der Waals surface area contributed by atoms with Crippen LogP contribution < -0.4 is 4.90 Å². The molecule has 1 aromatic carbocycles. The third-order valence-corrected chi connectivity index (χ3v) is 4.06. The molecule has 1 heterocycles. The summed E-state index contributed by atoms with van der Waals surface area (Å²) >= 11 is 0. The second kappa shape index (κ2) is 7.28. The van der Waals surface area contributed by atoms with Crippen LogP contribution in [-0.2, 0) is 0 Å². The maximum Gasteiger partial charge on any atom is 0.0991 e. The number of anilines is 1. The molecule has 0 spiro atoms. The normalized spacial score (nSPS) is 18.9. The lowest BCUT2D eigenvalue weighted by atomic mass is 10.1. The van der Waals surface area contributed by atoms with Gasteiger partial charge in [-0.25, -0.2) is 0 Å². The van der Waals surface area contributed by atoms with E-state index in [0.29, 0.717) is 18.1 Å². The molecule has 108 valence electrons. The van der Waals surface area contributed by atoms with Gasteiger partial charge in [-0.2, -0.15) is 5.26 Å². The number of nitriles is 1. The van der Waals surface area contributed by atoms with Gasteiger partial charge in [-0.05, 0) is 50.1 Å². The van der Waals surface area contributed by atoms with Crippen molar-refractivity contribution < 1.29 is 5.11 Å². The topological polar surface area (TPSA) is 50.5 Å². The minimum atomic E-state index is 0.309. The Labute approximate surface area is 121 Å². The maximum atomic E-state index is 9.17.